The first-order chi connectivity index (χ1) is 8.93. The Hall–Kier alpha value is -0.990. The Morgan fingerprint density at radius 3 is 2.35 bits per heavy atom. The molecule has 1 rings (SSSR count). The Morgan fingerprint density at radius 2 is 1.85 bits per heavy atom. The van der Waals surface area contributed by atoms with Crippen LogP contribution in [0.4, 0.5) is 13.2 Å². The summed E-state index contributed by atoms with van der Waals surface area (Å²) in [5.74, 6) is 0.369. The topological polar surface area (TPSA) is 50.4 Å². The lowest BCUT2D eigenvalue weighted by Crippen LogP contribution is -2.33. The lowest BCUT2D eigenvalue weighted by molar-refractivity contribution is -0.137. The Morgan fingerprint density at radius 1 is 1.25 bits per heavy atom. The van der Waals surface area contributed by atoms with Gasteiger partial charge in [-0.1, -0.05) is 19.1 Å². The van der Waals surface area contributed by atoms with Crippen LogP contribution in [0.15, 0.2) is 29.3 Å². The summed E-state index contributed by atoms with van der Waals surface area (Å²) in [5.41, 5.74) is 5.79. The summed E-state index contributed by atoms with van der Waals surface area (Å²) >= 11 is 0. The van der Waals surface area contributed by atoms with Gasteiger partial charge in [0.25, 0.3) is 0 Å². The van der Waals surface area contributed by atoms with Gasteiger partial charge in [-0.05, 0) is 30.5 Å². The fourth-order valence-corrected chi connectivity index (χ4v) is 1.48. The molecule has 1 aromatic carbocycles. The van der Waals surface area contributed by atoms with Crippen LogP contribution in [0.1, 0.15) is 24.5 Å². The van der Waals surface area contributed by atoms with Gasteiger partial charge in [0.15, 0.2) is 5.96 Å². The van der Waals surface area contributed by atoms with E-state index in [1.54, 1.807) is 0 Å². The van der Waals surface area contributed by atoms with Gasteiger partial charge in [-0.25, -0.2) is 0 Å². The van der Waals surface area contributed by atoms with E-state index >= 15 is 0 Å². The van der Waals surface area contributed by atoms with E-state index in [4.69, 9.17) is 5.73 Å². The monoisotopic (exact) mass is 401 g/mol. The number of hydrogen-bond acceptors (Lipinski definition) is 1. The average Bonchev–Trinajstić information content (AvgIpc) is 2.36. The number of hydrogen-bond donors (Lipinski definition) is 2. The average molecular weight is 401 g/mol. The van der Waals surface area contributed by atoms with Crippen molar-refractivity contribution >= 4 is 29.9 Å². The normalized spacial score (nSPS) is 11.9. The van der Waals surface area contributed by atoms with Crippen LogP contribution in [-0.4, -0.2) is 19.0 Å². The number of rotatable bonds is 5. The van der Waals surface area contributed by atoms with Crippen LogP contribution in [-0.2, 0) is 12.6 Å². The molecule has 20 heavy (non-hydrogen) atoms. The van der Waals surface area contributed by atoms with Crippen molar-refractivity contribution in [2.45, 2.75) is 25.9 Å². The van der Waals surface area contributed by atoms with Crippen LogP contribution in [0.3, 0.4) is 0 Å². The van der Waals surface area contributed by atoms with Gasteiger partial charge in [-0.3, -0.25) is 4.99 Å². The maximum absolute atomic E-state index is 12.4. The second kappa shape index (κ2) is 9.04. The van der Waals surface area contributed by atoms with E-state index < -0.39 is 11.7 Å². The fourth-order valence-electron chi connectivity index (χ4n) is 1.48. The van der Waals surface area contributed by atoms with Crippen molar-refractivity contribution in [3.8, 4) is 0 Å². The van der Waals surface area contributed by atoms with E-state index in [0.29, 0.717) is 25.5 Å². The van der Waals surface area contributed by atoms with Crippen LogP contribution >= 0.6 is 24.0 Å². The van der Waals surface area contributed by atoms with Crippen LogP contribution < -0.4 is 11.1 Å². The molecule has 114 valence electrons. The molecule has 0 heterocycles. The second-order valence-corrected chi connectivity index (χ2v) is 4.14. The molecule has 0 amide bonds. The summed E-state index contributed by atoms with van der Waals surface area (Å²) in [6.45, 7) is 3.21. The first kappa shape index (κ1) is 19.0. The Labute approximate surface area is 133 Å². The zero-order valence-corrected chi connectivity index (χ0v) is 13.5. The van der Waals surface area contributed by atoms with E-state index in [-0.39, 0.29) is 24.0 Å². The highest BCUT2D eigenvalue weighted by Crippen LogP contribution is 2.29. The van der Waals surface area contributed by atoms with Gasteiger partial charge in [0.2, 0.25) is 0 Å². The molecule has 0 saturated carbocycles. The molecular formula is C13H19F3IN3. The maximum atomic E-state index is 12.4. The van der Waals surface area contributed by atoms with Crippen LogP contribution in [0, 0.1) is 0 Å². The van der Waals surface area contributed by atoms with Gasteiger partial charge in [-0.15, -0.1) is 24.0 Å². The maximum Gasteiger partial charge on any atom is 0.416 e. The molecule has 1 aromatic rings. The molecule has 0 aliphatic carbocycles. The summed E-state index contributed by atoms with van der Waals surface area (Å²) in [7, 11) is 0. The predicted octanol–water partition coefficient (Wildman–Crippen LogP) is 3.18. The summed E-state index contributed by atoms with van der Waals surface area (Å²) in [4.78, 5) is 4.05. The number of aliphatic imine (C=N–C) groups is 1. The molecule has 0 aromatic heterocycles. The van der Waals surface area contributed by atoms with Gasteiger partial charge in [0.1, 0.15) is 0 Å². The van der Waals surface area contributed by atoms with Crippen LogP contribution in [0.5, 0.6) is 0 Å². The minimum absolute atomic E-state index is 0. The van der Waals surface area contributed by atoms with Crippen molar-refractivity contribution in [3.63, 3.8) is 0 Å². The number of halogens is 4. The number of nitrogens with two attached hydrogens (primary N) is 1. The van der Waals surface area contributed by atoms with E-state index in [1.165, 1.54) is 12.1 Å². The Bertz CT molecular complexity index is 416. The number of guanidine groups is 1. The first-order valence-electron chi connectivity index (χ1n) is 6.13. The zero-order valence-electron chi connectivity index (χ0n) is 11.2. The summed E-state index contributed by atoms with van der Waals surface area (Å²) < 4.78 is 37.1. The quantitative estimate of drug-likeness (QED) is 0.453. The molecule has 7 heteroatoms. The molecule has 0 aliphatic rings. The summed E-state index contributed by atoms with van der Waals surface area (Å²) in [6.07, 6.45) is -2.77. The predicted molar refractivity (Wildman–Crippen MR) is 85.3 cm³/mol. The smallest absolute Gasteiger partial charge is 0.370 e. The molecule has 0 spiro atoms. The van der Waals surface area contributed by atoms with E-state index in [1.807, 2.05) is 6.92 Å². The highest BCUT2D eigenvalue weighted by molar-refractivity contribution is 14.0. The number of benzene rings is 1. The molecular weight excluding hydrogens is 382 g/mol. The third-order valence-electron chi connectivity index (χ3n) is 2.51. The molecule has 0 atom stereocenters. The van der Waals surface area contributed by atoms with Crippen molar-refractivity contribution in [2.24, 2.45) is 10.7 Å². The number of alkyl halides is 3. The molecule has 0 radical (unpaired) electrons. The van der Waals surface area contributed by atoms with Gasteiger partial charge in [-0.2, -0.15) is 13.2 Å². The SMILES string of the molecule is CCCN=C(N)NCCc1ccc(C(F)(F)F)cc1.I. The minimum atomic E-state index is -4.28. The molecule has 3 N–H and O–H groups in total. The van der Waals surface area contributed by atoms with Crippen molar-refractivity contribution in [1.29, 1.82) is 0 Å². The van der Waals surface area contributed by atoms with E-state index in [2.05, 4.69) is 10.3 Å². The van der Waals surface area contributed by atoms with Crippen molar-refractivity contribution in [2.75, 3.05) is 13.1 Å². The van der Waals surface area contributed by atoms with Crippen molar-refractivity contribution in [1.82, 2.24) is 5.32 Å². The lowest BCUT2D eigenvalue weighted by Gasteiger charge is -2.08. The summed E-state index contributed by atoms with van der Waals surface area (Å²) in [5, 5.41) is 2.92. The molecule has 0 aliphatic heterocycles. The highest BCUT2D eigenvalue weighted by atomic mass is 127. The summed E-state index contributed by atoms with van der Waals surface area (Å²) in [6, 6.07) is 5.13. The highest BCUT2D eigenvalue weighted by Gasteiger charge is 2.29. The second-order valence-electron chi connectivity index (χ2n) is 4.14. The largest absolute Gasteiger partial charge is 0.416 e. The molecule has 0 saturated heterocycles. The third-order valence-corrected chi connectivity index (χ3v) is 2.51. The number of nitrogens with zero attached hydrogens (tertiary/aromatic N) is 1. The standard InChI is InChI=1S/C13H18F3N3.HI/c1-2-8-18-12(17)19-9-7-10-3-5-11(6-4-10)13(14,15)16;/h3-6H,2,7-9H2,1H3,(H3,17,18,19);1H. The number of nitrogens with one attached hydrogen (secondary N) is 1. The van der Waals surface area contributed by atoms with Crippen LogP contribution in [0.25, 0.3) is 0 Å². The van der Waals surface area contributed by atoms with E-state index in [9.17, 15) is 13.2 Å². The van der Waals surface area contributed by atoms with Crippen LogP contribution in [0.2, 0.25) is 0 Å². The molecule has 0 unspecified atom stereocenters. The van der Waals surface area contributed by atoms with Gasteiger partial charge in [0.05, 0.1) is 5.56 Å². The van der Waals surface area contributed by atoms with Gasteiger partial charge >= 0.3 is 6.18 Å². The molecule has 0 fully saturated rings. The molecule has 3 nitrogen and oxygen atoms in total. The van der Waals surface area contributed by atoms with Crippen molar-refractivity contribution in [3.05, 3.63) is 35.4 Å². The minimum Gasteiger partial charge on any atom is -0.370 e. The van der Waals surface area contributed by atoms with Crippen molar-refractivity contribution < 1.29 is 13.2 Å². The Balaban J connectivity index is 0.00000361. The third kappa shape index (κ3) is 6.97. The lowest BCUT2D eigenvalue weighted by atomic mass is 10.1. The fraction of sp³-hybridized carbons (Fsp3) is 0.462. The van der Waals surface area contributed by atoms with Gasteiger partial charge < -0.3 is 11.1 Å². The van der Waals surface area contributed by atoms with E-state index in [0.717, 1.165) is 24.1 Å². The molecule has 0 bridgehead atoms. The zero-order chi connectivity index (χ0) is 14.3. The van der Waals surface area contributed by atoms with Gasteiger partial charge in [0, 0.05) is 13.1 Å². The first-order valence-corrected chi connectivity index (χ1v) is 6.13. The Kier molecular flexibility index (Phi) is 8.59.